The number of benzene rings is 2. The molecule has 6 nitrogen and oxygen atoms in total. The minimum Gasteiger partial charge on any atom is -0.494 e. The highest BCUT2D eigenvalue weighted by atomic mass is 35.5. The average Bonchev–Trinajstić information content (AvgIpc) is 2.98. The third-order valence-corrected chi connectivity index (χ3v) is 5.02. The van der Waals surface area contributed by atoms with Crippen molar-refractivity contribution in [2.45, 2.75) is 13.0 Å². The normalized spacial score (nSPS) is 10.8. The van der Waals surface area contributed by atoms with Crippen LogP contribution in [0.3, 0.4) is 0 Å². The molecular formula is C22H23Cl2FN2O4. The lowest BCUT2D eigenvalue weighted by Gasteiger charge is -2.15. The van der Waals surface area contributed by atoms with Gasteiger partial charge < -0.3 is 14.4 Å². The summed E-state index contributed by atoms with van der Waals surface area (Å²) in [7, 11) is 6.35. The first-order valence-electron chi connectivity index (χ1n) is 9.18. The van der Waals surface area contributed by atoms with Crippen LogP contribution < -0.4 is 4.74 Å². The van der Waals surface area contributed by atoms with Gasteiger partial charge in [-0.25, -0.2) is 4.39 Å². The largest absolute Gasteiger partial charge is 0.494 e. The number of methoxy groups -OCH3 is 2. The standard InChI is InChI=1S/C22H22ClFN2O4.ClH/c1-25(2)12-19-16(10-21(27)30-4)15-9-20(29-3)17(24)11-18(15)26(19)22(28)13-5-7-14(23)8-6-13;/h5-9,11H,10,12H2,1-4H3;1H. The smallest absolute Gasteiger partial charge is 0.310 e. The van der Waals surface area contributed by atoms with Crippen molar-refractivity contribution in [1.29, 1.82) is 0 Å². The van der Waals surface area contributed by atoms with Crippen LogP contribution in [-0.2, 0) is 22.5 Å². The number of ether oxygens (including phenoxy) is 2. The lowest BCUT2D eigenvalue weighted by atomic mass is 10.1. The lowest BCUT2D eigenvalue weighted by Crippen LogP contribution is -2.21. The summed E-state index contributed by atoms with van der Waals surface area (Å²) in [6, 6.07) is 9.21. The second-order valence-corrected chi connectivity index (χ2v) is 7.50. The minimum atomic E-state index is -0.603. The Hall–Kier alpha value is -2.61. The molecule has 0 atom stereocenters. The second kappa shape index (κ2) is 10.1. The fraction of sp³-hybridized carbons (Fsp3) is 0.273. The molecule has 0 amide bonds. The van der Waals surface area contributed by atoms with Crippen molar-refractivity contribution in [2.75, 3.05) is 28.3 Å². The number of nitrogens with zero attached hydrogens (tertiary/aromatic N) is 2. The molecule has 0 aliphatic heterocycles. The predicted octanol–water partition coefficient (Wildman–Crippen LogP) is 4.33. The van der Waals surface area contributed by atoms with Gasteiger partial charge in [0.2, 0.25) is 0 Å². The molecule has 0 fully saturated rings. The number of aromatic nitrogens is 1. The maximum Gasteiger partial charge on any atom is 0.310 e. The third kappa shape index (κ3) is 5.01. The maximum atomic E-state index is 14.6. The number of hydrogen-bond acceptors (Lipinski definition) is 5. The highest BCUT2D eigenvalue weighted by Crippen LogP contribution is 2.33. The Morgan fingerprint density at radius 3 is 2.32 bits per heavy atom. The number of carbonyl (C=O) groups excluding carboxylic acids is 2. The molecule has 1 aromatic heterocycles. The summed E-state index contributed by atoms with van der Waals surface area (Å²) < 4.78 is 26.0. The van der Waals surface area contributed by atoms with Gasteiger partial charge in [0.05, 0.1) is 26.2 Å². The Morgan fingerprint density at radius 1 is 1.13 bits per heavy atom. The Morgan fingerprint density at radius 2 is 1.77 bits per heavy atom. The molecule has 0 N–H and O–H groups in total. The summed E-state index contributed by atoms with van der Waals surface area (Å²) in [4.78, 5) is 27.4. The number of esters is 1. The van der Waals surface area contributed by atoms with Crippen LogP contribution in [0.4, 0.5) is 4.39 Å². The summed E-state index contributed by atoms with van der Waals surface area (Å²) in [6.45, 7) is 0.351. The van der Waals surface area contributed by atoms with Crippen LogP contribution in [-0.4, -0.2) is 49.7 Å². The minimum absolute atomic E-state index is 0. The van der Waals surface area contributed by atoms with Gasteiger partial charge in [-0.05, 0) is 50.0 Å². The van der Waals surface area contributed by atoms with Gasteiger partial charge >= 0.3 is 5.97 Å². The van der Waals surface area contributed by atoms with Crippen molar-refractivity contribution in [3.63, 3.8) is 0 Å². The molecule has 0 aliphatic rings. The van der Waals surface area contributed by atoms with E-state index < -0.39 is 11.8 Å². The zero-order valence-corrected chi connectivity index (χ0v) is 19.1. The van der Waals surface area contributed by atoms with Crippen LogP contribution in [0.15, 0.2) is 36.4 Å². The number of fused-ring (bicyclic) bond motifs is 1. The predicted molar refractivity (Wildman–Crippen MR) is 120 cm³/mol. The zero-order valence-electron chi connectivity index (χ0n) is 17.6. The summed E-state index contributed by atoms with van der Waals surface area (Å²) in [5.74, 6) is -1.39. The SMILES string of the molecule is COC(=O)Cc1c(CN(C)C)n(C(=O)c2ccc(Cl)cc2)c2cc(F)c(OC)cc12.Cl. The van der Waals surface area contributed by atoms with E-state index in [9.17, 15) is 14.0 Å². The topological polar surface area (TPSA) is 60.8 Å². The van der Waals surface area contributed by atoms with Crippen molar-refractivity contribution in [1.82, 2.24) is 9.47 Å². The van der Waals surface area contributed by atoms with E-state index in [4.69, 9.17) is 21.1 Å². The molecule has 0 saturated heterocycles. The van der Waals surface area contributed by atoms with Crippen LogP contribution in [0.1, 0.15) is 21.6 Å². The van der Waals surface area contributed by atoms with Crippen molar-refractivity contribution >= 4 is 46.8 Å². The van der Waals surface area contributed by atoms with Crippen molar-refractivity contribution < 1.29 is 23.5 Å². The van der Waals surface area contributed by atoms with E-state index in [2.05, 4.69) is 0 Å². The summed E-state index contributed by atoms with van der Waals surface area (Å²) >= 11 is 5.95. The van der Waals surface area contributed by atoms with E-state index in [1.54, 1.807) is 24.3 Å². The van der Waals surface area contributed by atoms with Gasteiger partial charge in [-0.2, -0.15) is 0 Å². The second-order valence-electron chi connectivity index (χ2n) is 7.07. The number of rotatable bonds is 6. The first kappa shape index (κ1) is 24.7. The maximum absolute atomic E-state index is 14.6. The van der Waals surface area contributed by atoms with Crippen LogP contribution in [0.5, 0.6) is 5.75 Å². The van der Waals surface area contributed by atoms with Crippen LogP contribution in [0.25, 0.3) is 10.9 Å². The molecule has 3 rings (SSSR count). The van der Waals surface area contributed by atoms with Crippen molar-refractivity contribution in [3.05, 3.63) is 64.1 Å². The zero-order chi connectivity index (χ0) is 22.0. The highest BCUT2D eigenvalue weighted by molar-refractivity contribution is 6.30. The molecule has 0 spiro atoms. The van der Waals surface area contributed by atoms with Gasteiger partial charge in [-0.1, -0.05) is 11.6 Å². The Balaban J connectivity index is 0.00000341. The Labute approximate surface area is 190 Å². The van der Waals surface area contributed by atoms with E-state index in [0.29, 0.717) is 39.3 Å². The molecule has 0 bridgehead atoms. The van der Waals surface area contributed by atoms with Crippen molar-refractivity contribution in [2.24, 2.45) is 0 Å². The summed E-state index contributed by atoms with van der Waals surface area (Å²) in [5.41, 5.74) is 1.90. The average molecular weight is 469 g/mol. The number of carbonyl (C=O) groups is 2. The highest BCUT2D eigenvalue weighted by Gasteiger charge is 2.26. The molecule has 0 unspecified atom stereocenters. The quantitative estimate of drug-likeness (QED) is 0.503. The number of hydrogen-bond donors (Lipinski definition) is 0. The molecule has 0 saturated carbocycles. The molecule has 0 radical (unpaired) electrons. The first-order valence-corrected chi connectivity index (χ1v) is 9.56. The molecule has 0 aliphatic carbocycles. The van der Waals surface area contributed by atoms with E-state index in [0.717, 1.165) is 0 Å². The molecule has 31 heavy (non-hydrogen) atoms. The van der Waals surface area contributed by atoms with Crippen LogP contribution >= 0.6 is 24.0 Å². The van der Waals surface area contributed by atoms with E-state index in [1.807, 2.05) is 19.0 Å². The van der Waals surface area contributed by atoms with Gasteiger partial charge in [0, 0.05) is 34.3 Å². The Kier molecular flexibility index (Phi) is 8.06. The van der Waals surface area contributed by atoms with Gasteiger partial charge in [-0.3, -0.25) is 14.2 Å². The number of halogens is 3. The molecule has 1 heterocycles. The molecular weight excluding hydrogens is 446 g/mol. The molecule has 9 heteroatoms. The van der Waals surface area contributed by atoms with Crippen molar-refractivity contribution in [3.8, 4) is 5.75 Å². The van der Waals surface area contributed by atoms with E-state index in [1.165, 1.54) is 30.9 Å². The van der Waals surface area contributed by atoms with Gasteiger partial charge in [0.15, 0.2) is 11.6 Å². The fourth-order valence-corrected chi connectivity index (χ4v) is 3.52. The van der Waals surface area contributed by atoms with E-state index in [-0.39, 0.29) is 30.5 Å². The summed E-state index contributed by atoms with van der Waals surface area (Å²) in [6.07, 6.45) is -0.0636. The third-order valence-electron chi connectivity index (χ3n) is 4.76. The van der Waals surface area contributed by atoms with Crippen LogP contribution in [0.2, 0.25) is 5.02 Å². The molecule has 166 valence electrons. The van der Waals surface area contributed by atoms with Gasteiger partial charge in [-0.15, -0.1) is 12.4 Å². The molecule has 2 aromatic carbocycles. The summed E-state index contributed by atoms with van der Waals surface area (Å²) in [5, 5.41) is 1.05. The molecule has 3 aromatic rings. The van der Waals surface area contributed by atoms with Crippen LogP contribution in [0, 0.1) is 5.82 Å². The van der Waals surface area contributed by atoms with Gasteiger partial charge in [0.25, 0.3) is 5.91 Å². The Bertz CT molecular complexity index is 1110. The lowest BCUT2D eigenvalue weighted by molar-refractivity contribution is -0.139. The monoisotopic (exact) mass is 468 g/mol. The fourth-order valence-electron chi connectivity index (χ4n) is 3.39. The first-order chi connectivity index (χ1) is 14.3. The van der Waals surface area contributed by atoms with Gasteiger partial charge in [0.1, 0.15) is 0 Å². The van der Waals surface area contributed by atoms with E-state index >= 15 is 0 Å².